The van der Waals surface area contributed by atoms with Crippen molar-refractivity contribution >= 4 is 56.9 Å². The van der Waals surface area contributed by atoms with Crippen LogP contribution in [0.5, 0.6) is 0 Å². The lowest BCUT2D eigenvalue weighted by Gasteiger charge is -2.24. The van der Waals surface area contributed by atoms with Gasteiger partial charge in [0.05, 0.1) is 9.79 Å². The molecule has 44 heavy (non-hydrogen) atoms. The second-order valence-electron chi connectivity index (χ2n) is 11.3. The molecule has 6 rings (SSSR count). The summed E-state index contributed by atoms with van der Waals surface area (Å²) in [4.78, 5) is 0.592. The van der Waals surface area contributed by atoms with E-state index < -0.39 is 19.7 Å². The van der Waals surface area contributed by atoms with Gasteiger partial charge < -0.3 is 0 Å². The van der Waals surface area contributed by atoms with Gasteiger partial charge in [-0.05, 0) is 102 Å². The molecule has 0 bridgehead atoms. The quantitative estimate of drug-likeness (QED) is 0.205. The van der Waals surface area contributed by atoms with Gasteiger partial charge >= 0.3 is 0 Å². The van der Waals surface area contributed by atoms with Crippen LogP contribution in [0, 0.1) is 0 Å². The molecule has 0 aliphatic heterocycles. The molecule has 0 radical (unpaired) electrons. The van der Waals surface area contributed by atoms with Crippen molar-refractivity contribution < 1.29 is 16.8 Å². The first kappa shape index (κ1) is 29.9. The third kappa shape index (κ3) is 5.37. The van der Waals surface area contributed by atoms with Crippen LogP contribution in [0.25, 0.3) is 54.9 Å². The Morgan fingerprint density at radius 2 is 0.977 bits per heavy atom. The molecule has 0 aliphatic rings. The highest BCUT2D eigenvalue weighted by Gasteiger charge is 2.22. The van der Waals surface area contributed by atoms with Crippen molar-refractivity contribution in [3.05, 3.63) is 120 Å². The van der Waals surface area contributed by atoms with Gasteiger partial charge in [0.25, 0.3) is 0 Å². The third-order valence-electron chi connectivity index (χ3n) is 8.44. The second-order valence-corrected chi connectivity index (χ2v) is 15.3. The Morgan fingerprint density at radius 3 is 1.45 bits per heavy atom. The van der Waals surface area contributed by atoms with Crippen LogP contribution in [0.1, 0.15) is 11.1 Å². The first-order valence-corrected chi connectivity index (χ1v) is 18.5. The molecule has 6 aromatic carbocycles. The monoisotopic (exact) mass is 614 g/mol. The van der Waals surface area contributed by atoms with E-state index in [0.717, 1.165) is 73.1 Å². The maximum absolute atomic E-state index is 12.5. The molecular formula is C36H32B2O4S2. The van der Waals surface area contributed by atoms with E-state index in [4.69, 9.17) is 0 Å². The number of benzene rings is 6. The lowest BCUT2D eigenvalue weighted by molar-refractivity contribution is 0.600. The summed E-state index contributed by atoms with van der Waals surface area (Å²) in [5, 5.41) is 4.45. The highest BCUT2D eigenvalue weighted by molar-refractivity contribution is 7.91. The first-order valence-electron chi connectivity index (χ1n) is 14.7. The van der Waals surface area contributed by atoms with Gasteiger partial charge in [0.1, 0.15) is 15.7 Å². The largest absolute Gasteiger partial charge is 0.224 e. The van der Waals surface area contributed by atoms with E-state index in [2.05, 4.69) is 64.2 Å². The standard InChI is InChI=1S/C36H32B2O4S2/c1-43(39,40)27-16-14-23(15-17-27)31-19-25-8-3-5-12-29(25)35(33(31)21-37)36-30-13-6-4-9-26(30)20-32(34(36)22-38)24-10-7-11-28(18-24)44(2,41)42/h3-20H,21-22,37-38H2,1-2H3. The molecule has 6 aromatic rings. The summed E-state index contributed by atoms with van der Waals surface area (Å²) in [5.41, 5.74) is 8.54. The van der Waals surface area contributed by atoms with Crippen molar-refractivity contribution in [3.8, 4) is 33.4 Å². The fraction of sp³-hybridized carbons (Fsp3) is 0.111. The summed E-state index contributed by atoms with van der Waals surface area (Å²) in [6, 6.07) is 35.6. The zero-order valence-electron chi connectivity index (χ0n) is 25.3. The highest BCUT2D eigenvalue weighted by atomic mass is 32.2. The highest BCUT2D eigenvalue weighted by Crippen LogP contribution is 2.46. The van der Waals surface area contributed by atoms with Gasteiger partial charge in [0.15, 0.2) is 19.7 Å². The lowest BCUT2D eigenvalue weighted by atomic mass is 9.76. The molecule has 0 atom stereocenters. The summed E-state index contributed by atoms with van der Waals surface area (Å²) in [6.45, 7) is 0. The van der Waals surface area contributed by atoms with Gasteiger partial charge in [0, 0.05) is 12.5 Å². The molecule has 0 saturated carbocycles. The number of hydrogen-bond acceptors (Lipinski definition) is 4. The number of fused-ring (bicyclic) bond motifs is 2. The van der Waals surface area contributed by atoms with Crippen molar-refractivity contribution in [2.75, 3.05) is 12.5 Å². The van der Waals surface area contributed by atoms with Crippen LogP contribution in [0.15, 0.2) is 119 Å². The Balaban J connectivity index is 1.75. The van der Waals surface area contributed by atoms with Crippen LogP contribution in [-0.2, 0) is 32.3 Å². The molecule has 0 saturated heterocycles. The zero-order valence-corrected chi connectivity index (χ0v) is 26.9. The maximum atomic E-state index is 12.5. The van der Waals surface area contributed by atoms with Crippen LogP contribution in [0.3, 0.4) is 0 Å². The average molecular weight is 614 g/mol. The van der Waals surface area contributed by atoms with E-state index >= 15 is 0 Å². The lowest BCUT2D eigenvalue weighted by Crippen LogP contribution is -2.03. The minimum absolute atomic E-state index is 0.295. The minimum atomic E-state index is -3.38. The zero-order chi connectivity index (χ0) is 31.2. The fourth-order valence-corrected chi connectivity index (χ4v) is 7.67. The van der Waals surface area contributed by atoms with Gasteiger partial charge in [-0.25, -0.2) is 16.8 Å². The molecule has 0 unspecified atom stereocenters. The summed E-state index contributed by atoms with van der Waals surface area (Å²) in [7, 11) is -2.39. The molecule has 218 valence electrons. The van der Waals surface area contributed by atoms with Crippen LogP contribution in [-0.4, -0.2) is 45.0 Å². The Hall–Kier alpha value is -4.13. The normalized spacial score (nSPS) is 12.1. The Kier molecular flexibility index (Phi) is 7.76. The Bertz CT molecular complexity index is 2290. The van der Waals surface area contributed by atoms with Crippen LogP contribution in [0.2, 0.25) is 0 Å². The molecule has 0 aliphatic carbocycles. The topological polar surface area (TPSA) is 68.3 Å². The smallest absolute Gasteiger partial charge is 0.175 e. The predicted octanol–water partition coefficient (Wildman–Crippen LogP) is 6.07. The maximum Gasteiger partial charge on any atom is 0.175 e. The van der Waals surface area contributed by atoms with Gasteiger partial charge in [-0.2, -0.15) is 0 Å². The Morgan fingerprint density at radius 1 is 0.500 bits per heavy atom. The molecule has 0 spiro atoms. The summed E-state index contributed by atoms with van der Waals surface area (Å²) in [6.07, 6.45) is 3.97. The average Bonchev–Trinajstić information content (AvgIpc) is 3.02. The summed E-state index contributed by atoms with van der Waals surface area (Å²) >= 11 is 0. The van der Waals surface area contributed by atoms with Crippen LogP contribution < -0.4 is 0 Å². The second kappa shape index (κ2) is 11.4. The number of sulfone groups is 2. The van der Waals surface area contributed by atoms with E-state index in [1.54, 1.807) is 24.3 Å². The number of rotatable bonds is 7. The molecule has 4 nitrogen and oxygen atoms in total. The third-order valence-corrected chi connectivity index (χ3v) is 10.7. The van der Waals surface area contributed by atoms with Crippen molar-refractivity contribution in [3.63, 3.8) is 0 Å². The van der Waals surface area contributed by atoms with E-state index in [9.17, 15) is 16.8 Å². The van der Waals surface area contributed by atoms with Gasteiger partial charge in [-0.3, -0.25) is 0 Å². The van der Waals surface area contributed by atoms with Crippen LogP contribution >= 0.6 is 0 Å². The van der Waals surface area contributed by atoms with Crippen molar-refractivity contribution in [1.82, 2.24) is 0 Å². The van der Waals surface area contributed by atoms with Gasteiger partial charge in [0.2, 0.25) is 0 Å². The Labute approximate surface area is 261 Å². The van der Waals surface area contributed by atoms with Crippen molar-refractivity contribution in [1.29, 1.82) is 0 Å². The van der Waals surface area contributed by atoms with E-state index in [1.165, 1.54) is 18.1 Å². The fourth-order valence-electron chi connectivity index (χ4n) is 6.38. The summed E-state index contributed by atoms with van der Waals surface area (Å²) in [5.74, 6) is 0. The number of hydrogen-bond donors (Lipinski definition) is 0. The van der Waals surface area contributed by atoms with E-state index in [-0.39, 0.29) is 0 Å². The van der Waals surface area contributed by atoms with Gasteiger partial charge in [-0.1, -0.05) is 85.4 Å². The summed E-state index contributed by atoms with van der Waals surface area (Å²) < 4.78 is 49.4. The molecule has 0 aromatic heterocycles. The minimum Gasteiger partial charge on any atom is -0.224 e. The van der Waals surface area contributed by atoms with E-state index in [0.29, 0.717) is 9.79 Å². The molecular weight excluding hydrogens is 582 g/mol. The van der Waals surface area contributed by atoms with Gasteiger partial charge in [-0.15, -0.1) is 0 Å². The molecule has 0 fully saturated rings. The predicted molar refractivity (Wildman–Crippen MR) is 188 cm³/mol. The molecule has 8 heteroatoms. The van der Waals surface area contributed by atoms with Crippen LogP contribution in [0.4, 0.5) is 0 Å². The molecule has 0 heterocycles. The molecule has 0 N–H and O–H groups in total. The SMILES string of the molecule is BCc1c(-c2ccc(S(C)(=O)=O)cc2)cc2ccccc2c1-c1c(CB)c(-c2cccc(S(C)(=O)=O)c2)cc2ccccc12. The first-order chi connectivity index (χ1) is 21.0. The van der Waals surface area contributed by atoms with E-state index in [1.807, 2.05) is 36.4 Å². The molecule has 0 amide bonds. The van der Waals surface area contributed by atoms with Crippen molar-refractivity contribution in [2.24, 2.45) is 0 Å². The van der Waals surface area contributed by atoms with Crippen molar-refractivity contribution in [2.45, 2.75) is 22.4 Å².